The number of nitrogens with zero attached hydrogens (tertiary/aromatic N) is 3. The molecule has 0 bridgehead atoms. The molecule has 0 amide bonds. The van der Waals surface area contributed by atoms with Gasteiger partial charge >= 0.3 is 0 Å². The first-order valence-corrected chi connectivity index (χ1v) is 5.76. The van der Waals surface area contributed by atoms with Gasteiger partial charge in [0.15, 0.2) is 0 Å². The van der Waals surface area contributed by atoms with Gasteiger partial charge in [-0.2, -0.15) is 0 Å². The van der Waals surface area contributed by atoms with Crippen molar-refractivity contribution in [3.63, 3.8) is 0 Å². The van der Waals surface area contributed by atoms with E-state index < -0.39 is 0 Å². The Kier molecular flexibility index (Phi) is 3.39. The van der Waals surface area contributed by atoms with Crippen LogP contribution in [0.15, 0.2) is 6.07 Å². The van der Waals surface area contributed by atoms with Gasteiger partial charge in [0.25, 0.3) is 0 Å². The van der Waals surface area contributed by atoms with Crippen LogP contribution in [0.5, 0.6) is 0 Å². The molecule has 1 fully saturated rings. The molecule has 0 saturated carbocycles. The maximum Gasteiger partial charge on any atom is 0.132 e. The van der Waals surface area contributed by atoms with Crippen molar-refractivity contribution in [1.82, 2.24) is 9.97 Å². The largest absolute Gasteiger partial charge is 0.381 e. The van der Waals surface area contributed by atoms with Crippen molar-refractivity contribution in [3.8, 4) is 0 Å². The van der Waals surface area contributed by atoms with Crippen LogP contribution in [0.3, 0.4) is 0 Å². The Balaban J connectivity index is 2.04. The lowest BCUT2D eigenvalue weighted by molar-refractivity contribution is 0.186. The number of anilines is 1. The monoisotopic (exact) mass is 221 g/mol. The molecule has 0 aromatic carbocycles. The van der Waals surface area contributed by atoms with Gasteiger partial charge < -0.3 is 9.64 Å². The van der Waals surface area contributed by atoms with E-state index in [0.717, 1.165) is 43.5 Å². The summed E-state index contributed by atoms with van der Waals surface area (Å²) >= 11 is 0. The maximum atomic E-state index is 5.38. The number of rotatable bonds is 3. The summed E-state index contributed by atoms with van der Waals surface area (Å²) in [4.78, 5) is 10.9. The number of aryl methyl sites for hydroxylation is 2. The Morgan fingerprint density at radius 3 is 2.88 bits per heavy atom. The lowest BCUT2D eigenvalue weighted by atomic mass is 10.1. The second kappa shape index (κ2) is 4.78. The van der Waals surface area contributed by atoms with Gasteiger partial charge in [-0.3, -0.25) is 0 Å². The van der Waals surface area contributed by atoms with Crippen molar-refractivity contribution in [2.24, 2.45) is 5.92 Å². The van der Waals surface area contributed by atoms with Crippen LogP contribution in [0.25, 0.3) is 0 Å². The van der Waals surface area contributed by atoms with Crippen molar-refractivity contribution in [1.29, 1.82) is 0 Å². The summed E-state index contributed by atoms with van der Waals surface area (Å²) in [7, 11) is 2.08. The zero-order chi connectivity index (χ0) is 11.5. The van der Waals surface area contributed by atoms with Gasteiger partial charge in [0, 0.05) is 37.9 Å². The van der Waals surface area contributed by atoms with E-state index in [2.05, 4.69) is 21.9 Å². The first-order chi connectivity index (χ1) is 7.65. The molecule has 88 valence electrons. The van der Waals surface area contributed by atoms with E-state index >= 15 is 0 Å². The van der Waals surface area contributed by atoms with Crippen LogP contribution in [0, 0.1) is 19.8 Å². The Morgan fingerprint density at radius 1 is 1.44 bits per heavy atom. The fourth-order valence-electron chi connectivity index (χ4n) is 2.10. The SMILES string of the molecule is Cc1cc(N(C)C[C@H]2CCOC2)nc(C)n1. The van der Waals surface area contributed by atoms with Gasteiger partial charge in [-0.15, -0.1) is 0 Å². The Bertz CT molecular complexity index is 341. The molecule has 0 spiro atoms. The van der Waals surface area contributed by atoms with Crippen molar-refractivity contribution < 1.29 is 4.74 Å². The van der Waals surface area contributed by atoms with Crippen LogP contribution in [0.1, 0.15) is 17.9 Å². The topological polar surface area (TPSA) is 38.2 Å². The van der Waals surface area contributed by atoms with Gasteiger partial charge in [0.05, 0.1) is 6.61 Å². The molecule has 0 N–H and O–H groups in total. The zero-order valence-corrected chi connectivity index (χ0v) is 10.2. The molecule has 0 aliphatic carbocycles. The molecule has 4 heteroatoms. The molecule has 1 aromatic rings. The fraction of sp³-hybridized carbons (Fsp3) is 0.667. The predicted octanol–water partition coefficient (Wildman–Crippen LogP) is 1.57. The highest BCUT2D eigenvalue weighted by atomic mass is 16.5. The van der Waals surface area contributed by atoms with E-state index in [1.165, 1.54) is 0 Å². The lowest BCUT2D eigenvalue weighted by Crippen LogP contribution is -2.26. The standard InChI is InChI=1S/C12H19N3O/c1-9-6-12(14-10(2)13-9)15(3)7-11-4-5-16-8-11/h6,11H,4-5,7-8H2,1-3H3/t11-/m1/s1. The van der Waals surface area contributed by atoms with E-state index in [0.29, 0.717) is 5.92 Å². The molecule has 2 rings (SSSR count). The molecule has 1 saturated heterocycles. The van der Waals surface area contributed by atoms with E-state index in [1.807, 2.05) is 19.9 Å². The van der Waals surface area contributed by atoms with Crippen molar-refractivity contribution in [3.05, 3.63) is 17.6 Å². The number of ether oxygens (including phenoxy) is 1. The lowest BCUT2D eigenvalue weighted by Gasteiger charge is -2.21. The van der Waals surface area contributed by atoms with E-state index in [4.69, 9.17) is 4.74 Å². The molecule has 0 radical (unpaired) electrons. The summed E-state index contributed by atoms with van der Waals surface area (Å²) in [6, 6.07) is 2.03. The zero-order valence-electron chi connectivity index (χ0n) is 10.2. The third-order valence-electron chi connectivity index (χ3n) is 2.90. The summed E-state index contributed by atoms with van der Waals surface area (Å²) in [6.45, 7) is 6.73. The Morgan fingerprint density at radius 2 is 2.25 bits per heavy atom. The molecule has 1 atom stereocenters. The molecule has 1 aliphatic heterocycles. The van der Waals surface area contributed by atoms with Gasteiger partial charge in [-0.25, -0.2) is 9.97 Å². The van der Waals surface area contributed by atoms with Gasteiger partial charge in [-0.05, 0) is 20.3 Å². The van der Waals surface area contributed by atoms with Crippen LogP contribution < -0.4 is 4.90 Å². The third-order valence-corrected chi connectivity index (χ3v) is 2.90. The molecular formula is C12H19N3O. The van der Waals surface area contributed by atoms with Gasteiger partial charge in [0.2, 0.25) is 0 Å². The van der Waals surface area contributed by atoms with Crippen molar-refractivity contribution in [2.75, 3.05) is 31.7 Å². The van der Waals surface area contributed by atoms with Crippen LogP contribution in [-0.4, -0.2) is 36.8 Å². The van der Waals surface area contributed by atoms with E-state index in [9.17, 15) is 0 Å². The average Bonchev–Trinajstić information content (AvgIpc) is 2.68. The van der Waals surface area contributed by atoms with Crippen molar-refractivity contribution in [2.45, 2.75) is 20.3 Å². The molecule has 0 unspecified atom stereocenters. The van der Waals surface area contributed by atoms with Crippen LogP contribution in [0.4, 0.5) is 5.82 Å². The quantitative estimate of drug-likeness (QED) is 0.776. The first kappa shape index (κ1) is 11.3. The summed E-state index contributed by atoms with van der Waals surface area (Å²) in [5.74, 6) is 2.49. The molecule has 4 nitrogen and oxygen atoms in total. The van der Waals surface area contributed by atoms with Crippen molar-refractivity contribution >= 4 is 5.82 Å². The Hall–Kier alpha value is -1.16. The average molecular weight is 221 g/mol. The minimum Gasteiger partial charge on any atom is -0.381 e. The number of hydrogen-bond acceptors (Lipinski definition) is 4. The molecule has 1 aliphatic rings. The molecule has 1 aromatic heterocycles. The third kappa shape index (κ3) is 2.70. The predicted molar refractivity (Wildman–Crippen MR) is 63.7 cm³/mol. The maximum absolute atomic E-state index is 5.38. The number of hydrogen-bond donors (Lipinski definition) is 0. The second-order valence-corrected chi connectivity index (χ2v) is 4.52. The summed E-state index contributed by atoms with van der Waals surface area (Å²) < 4.78 is 5.38. The number of aromatic nitrogens is 2. The molecule has 16 heavy (non-hydrogen) atoms. The van der Waals surface area contributed by atoms with Crippen LogP contribution >= 0.6 is 0 Å². The smallest absolute Gasteiger partial charge is 0.132 e. The Labute approximate surface area is 96.7 Å². The summed E-state index contributed by atoms with van der Waals surface area (Å²) in [6.07, 6.45) is 1.16. The normalized spacial score (nSPS) is 20.1. The fourth-order valence-corrected chi connectivity index (χ4v) is 2.10. The van der Waals surface area contributed by atoms with E-state index in [1.54, 1.807) is 0 Å². The van der Waals surface area contributed by atoms with E-state index in [-0.39, 0.29) is 0 Å². The van der Waals surface area contributed by atoms with Crippen LogP contribution in [-0.2, 0) is 4.74 Å². The minimum atomic E-state index is 0.639. The summed E-state index contributed by atoms with van der Waals surface area (Å²) in [5, 5.41) is 0. The molecule has 2 heterocycles. The van der Waals surface area contributed by atoms with Crippen LogP contribution in [0.2, 0.25) is 0 Å². The minimum absolute atomic E-state index is 0.639. The highest BCUT2D eigenvalue weighted by molar-refractivity contribution is 5.38. The summed E-state index contributed by atoms with van der Waals surface area (Å²) in [5.41, 5.74) is 1.03. The second-order valence-electron chi connectivity index (χ2n) is 4.52. The van der Waals surface area contributed by atoms with Gasteiger partial charge in [-0.1, -0.05) is 0 Å². The first-order valence-electron chi connectivity index (χ1n) is 5.76. The highest BCUT2D eigenvalue weighted by Gasteiger charge is 2.18. The van der Waals surface area contributed by atoms with Gasteiger partial charge in [0.1, 0.15) is 11.6 Å². The highest BCUT2D eigenvalue weighted by Crippen LogP contribution is 2.17. The molecular weight excluding hydrogens is 202 g/mol.